The van der Waals surface area contributed by atoms with Gasteiger partial charge in [0.1, 0.15) is 91.5 Å². The Kier molecular flexibility index (Phi) is 29.1. The van der Waals surface area contributed by atoms with Crippen molar-refractivity contribution < 1.29 is 48.7 Å². The van der Waals surface area contributed by atoms with E-state index < -0.39 is 12.2 Å². The second-order valence-electron chi connectivity index (χ2n) is 36.1. The second-order valence-corrected chi connectivity index (χ2v) is 36.1. The number of aromatic nitrogens is 16. The fraction of sp³-hybridized carbons (Fsp3) is 0.489. The highest BCUT2D eigenvalue weighted by Gasteiger charge is 2.43. The number of nitrogens with zero attached hydrogens (tertiary/aromatic N) is 16. The monoisotopic (exact) mass is 1860 g/mol. The SMILES string of the molecule is CNc1cc(Nc2cccn(C3CCCCC3)c2=O)nc2c(C(=O)N[C@@H]3CC[C@@H]3O)cnn12.CNc1cc(Nc2cccn(C3CCCCC3)c2=O)nc2c(C(=O)N[C@@H]3CC[C@H]3O)cnn12.CNc1cc(Nc2cccn(C3CCOCC3)c2=O)nc2c(C(=O)N[C@H]3CC[C@@H]3OC)cnn12.CNc1cc(Nc2cccn([C@H]3CCC[C@H](OC)C3)c2=O)nc2c(C(=O)NCC3(CO)CC3)cnn12. The molecule has 42 heteroatoms. The fourth-order valence-corrected chi connectivity index (χ4v) is 18.7. The molecule has 12 aromatic rings. The predicted octanol–water partition coefficient (Wildman–Crippen LogP) is 9.11. The van der Waals surface area contributed by atoms with E-state index in [4.69, 9.17) is 14.2 Å². The Morgan fingerprint density at radius 1 is 0.412 bits per heavy atom. The number of rotatable bonds is 28. The van der Waals surface area contributed by atoms with Gasteiger partial charge in [0, 0.05) is 141 Å². The molecule has 7 saturated carbocycles. The zero-order valence-corrected chi connectivity index (χ0v) is 77.2. The van der Waals surface area contributed by atoms with Gasteiger partial charge in [-0.2, -0.15) is 38.5 Å². The highest BCUT2D eigenvalue weighted by atomic mass is 16.5. The molecule has 8 aliphatic rings. The van der Waals surface area contributed by atoms with Crippen molar-refractivity contribution in [1.29, 1.82) is 0 Å². The molecule has 42 nitrogen and oxygen atoms in total. The average molecular weight is 1870 g/mol. The topological polar surface area (TPSA) is 510 Å². The molecule has 0 spiro atoms. The number of carbonyl (C=O) groups is 4. The number of carbonyl (C=O) groups excluding carboxylic acids is 4. The molecule has 15 N–H and O–H groups in total. The van der Waals surface area contributed by atoms with E-state index in [0.29, 0.717) is 147 Å². The van der Waals surface area contributed by atoms with Crippen LogP contribution in [0.3, 0.4) is 0 Å². The van der Waals surface area contributed by atoms with E-state index in [0.717, 1.165) is 128 Å². The molecule has 20 rings (SSSR count). The quantitative estimate of drug-likeness (QED) is 0.0217. The average Bonchev–Trinajstić information content (AvgIpc) is 1.65. The van der Waals surface area contributed by atoms with Crippen LogP contribution in [-0.4, -0.2) is 227 Å². The van der Waals surface area contributed by atoms with Crippen molar-refractivity contribution in [3.8, 4) is 0 Å². The number of ether oxygens (including phenoxy) is 3. The van der Waals surface area contributed by atoms with Crippen LogP contribution in [0.4, 0.5) is 69.3 Å². The largest absolute Gasteiger partial charge is 0.396 e. The first-order valence-electron chi connectivity index (χ1n) is 47.2. The summed E-state index contributed by atoms with van der Waals surface area (Å²) in [7, 11) is 10.4. The summed E-state index contributed by atoms with van der Waals surface area (Å²) >= 11 is 0. The van der Waals surface area contributed by atoms with Gasteiger partial charge in [0.2, 0.25) is 0 Å². The Balaban J connectivity index is 0.000000126. The number of fused-ring (bicyclic) bond motifs is 4. The third kappa shape index (κ3) is 20.5. The van der Waals surface area contributed by atoms with Gasteiger partial charge in [-0.05, 0) is 164 Å². The van der Waals surface area contributed by atoms with Gasteiger partial charge in [0.05, 0.1) is 73.9 Å². The number of amides is 4. The first-order valence-corrected chi connectivity index (χ1v) is 47.2. The van der Waals surface area contributed by atoms with Crippen LogP contribution in [0.1, 0.15) is 220 Å². The van der Waals surface area contributed by atoms with E-state index in [1.807, 2.05) is 58.2 Å². The van der Waals surface area contributed by atoms with Crippen molar-refractivity contribution in [3.63, 3.8) is 0 Å². The summed E-state index contributed by atoms with van der Waals surface area (Å²) in [5, 5.41) is 82.8. The Labute approximate surface area is 781 Å². The van der Waals surface area contributed by atoms with Gasteiger partial charge in [-0.15, -0.1) is 0 Å². The summed E-state index contributed by atoms with van der Waals surface area (Å²) in [4.78, 5) is 123. The van der Waals surface area contributed by atoms with Crippen molar-refractivity contribution in [2.75, 3.05) is 111 Å². The third-order valence-corrected chi connectivity index (χ3v) is 27.5. The Hall–Kier alpha value is -13.7. The van der Waals surface area contributed by atoms with E-state index in [1.165, 1.54) is 37.6 Å². The number of hydrogen-bond acceptors (Lipinski definition) is 30. The molecule has 13 heterocycles. The predicted molar refractivity (Wildman–Crippen MR) is 513 cm³/mol. The molecule has 8 fully saturated rings. The third-order valence-electron chi connectivity index (χ3n) is 27.5. The van der Waals surface area contributed by atoms with Gasteiger partial charge in [-0.3, -0.25) is 38.4 Å². The molecule has 0 radical (unpaired) electrons. The number of aliphatic hydroxyl groups is 3. The van der Waals surface area contributed by atoms with Crippen LogP contribution in [0, 0.1) is 5.41 Å². The van der Waals surface area contributed by atoms with E-state index >= 15 is 0 Å². The number of methoxy groups -OCH3 is 2. The van der Waals surface area contributed by atoms with Crippen molar-refractivity contribution in [2.24, 2.45) is 5.41 Å². The van der Waals surface area contributed by atoms with E-state index in [2.05, 4.69) is 104 Å². The minimum absolute atomic E-state index is 0.0227. The molecule has 4 amide bonds. The molecule has 0 bridgehead atoms. The lowest BCUT2D eigenvalue weighted by Gasteiger charge is -2.35. The maximum Gasteiger partial charge on any atom is 0.274 e. The van der Waals surface area contributed by atoms with Crippen molar-refractivity contribution >= 4 is 116 Å². The van der Waals surface area contributed by atoms with Gasteiger partial charge in [-0.25, -0.2) is 19.9 Å². The van der Waals surface area contributed by atoms with Crippen LogP contribution in [0.5, 0.6) is 0 Å². The molecule has 8 atom stereocenters. The Bertz CT molecular complexity index is 6380. The first-order chi connectivity index (χ1) is 66.1. The van der Waals surface area contributed by atoms with Crippen LogP contribution < -0.4 is 86.0 Å². The number of anilines is 12. The molecular formula is C94H120N28O14. The number of pyridine rings is 4. The first kappa shape index (κ1) is 94.1. The summed E-state index contributed by atoms with van der Waals surface area (Å²) in [5.74, 6) is 2.98. The Morgan fingerprint density at radius 3 is 1.06 bits per heavy atom. The van der Waals surface area contributed by atoms with Crippen molar-refractivity contribution in [1.82, 2.24) is 97.9 Å². The fourth-order valence-electron chi connectivity index (χ4n) is 18.7. The lowest BCUT2D eigenvalue weighted by molar-refractivity contribution is 0.00732. The highest BCUT2D eigenvalue weighted by molar-refractivity contribution is 6.02. The zero-order chi connectivity index (χ0) is 94.8. The summed E-state index contributed by atoms with van der Waals surface area (Å²) in [6.45, 7) is 1.76. The van der Waals surface area contributed by atoms with Crippen LogP contribution >= 0.6 is 0 Å². The Morgan fingerprint density at radius 2 is 0.750 bits per heavy atom. The van der Waals surface area contributed by atoms with Gasteiger partial charge in [0.25, 0.3) is 45.9 Å². The lowest BCUT2D eigenvalue weighted by Crippen LogP contribution is -2.51. The number of aliphatic hydroxyl groups excluding tert-OH is 3. The number of hydrogen-bond donors (Lipinski definition) is 15. The van der Waals surface area contributed by atoms with E-state index in [1.54, 1.807) is 118 Å². The summed E-state index contributed by atoms with van der Waals surface area (Å²) in [6.07, 6.45) is 35.3. The molecular weight excluding hydrogens is 1750 g/mol. The normalized spacial score (nSPS) is 20.8. The smallest absolute Gasteiger partial charge is 0.274 e. The second kappa shape index (κ2) is 42.1. The van der Waals surface area contributed by atoms with Crippen LogP contribution in [0.15, 0.2) is 142 Å². The molecule has 0 aromatic carbocycles. The van der Waals surface area contributed by atoms with E-state index in [9.17, 15) is 53.7 Å². The van der Waals surface area contributed by atoms with Crippen molar-refractivity contribution in [2.45, 2.75) is 221 Å². The molecule has 1 saturated heterocycles. The van der Waals surface area contributed by atoms with E-state index in [-0.39, 0.29) is 112 Å². The molecule has 1 aliphatic heterocycles. The molecule has 12 aromatic heterocycles. The maximum atomic E-state index is 13.3. The van der Waals surface area contributed by atoms with Gasteiger partial charge in [0.15, 0.2) is 22.6 Å². The summed E-state index contributed by atoms with van der Waals surface area (Å²) in [5.41, 5.74) is 3.84. The molecule has 136 heavy (non-hydrogen) atoms. The van der Waals surface area contributed by atoms with Gasteiger partial charge in [-0.1, -0.05) is 38.5 Å². The van der Waals surface area contributed by atoms with Gasteiger partial charge >= 0.3 is 0 Å². The minimum Gasteiger partial charge on any atom is -0.396 e. The van der Waals surface area contributed by atoms with Crippen LogP contribution in [-0.2, 0) is 14.2 Å². The van der Waals surface area contributed by atoms with Crippen LogP contribution in [0.2, 0.25) is 0 Å². The summed E-state index contributed by atoms with van der Waals surface area (Å²) in [6, 6.07) is 21.5. The minimum atomic E-state index is -0.515. The molecule has 7 aliphatic carbocycles. The molecule has 0 unspecified atom stereocenters. The molecule has 720 valence electrons. The number of nitrogens with one attached hydrogen (secondary N) is 12. The standard InChI is InChI=1S/C25H33N7O4.C23H29N7O4.2C23H29N7O3/c1-26-21-12-20(29-19-7-4-10-31(24(19)35)16-5-3-6-17(11-16)36-2)30-22-18(13-28-32(21)22)23(34)27-14-25(15-33)8-9-25;1-24-20-12-19(26-17-4-3-9-29(23(17)32)14-7-10-34-11-8-14)28-21-15(13-25-30(20)21)22(31)27-16-5-6-18(16)33-2;2*1-24-20-12-19(26-17-8-5-11-29(23(17)33)14-6-3-2-4-7-14)28-21-15(13-25-30(20)21)22(32)27-16-9-10-18(16)31/h4,7,10,12-13,16-17,26,33H,3,5-6,8-9,11,14-15H2,1-2H3,(H,27,34)(H,29,30);3-4,9,12-14,16,18,24H,5-8,10-11H2,1-2H3,(H,26,28)(H,27,31);2*5,8,11-14,16,18,24,31H,2-4,6-7,9-10H2,1H3,(H,26,28)(H,27,32)/t16-,17-;16-,18-;16-,18+;16-,18-/m0011/s1. The maximum absolute atomic E-state index is 13.3. The lowest BCUT2D eigenvalue weighted by atomic mass is 9.89. The van der Waals surface area contributed by atoms with Gasteiger partial charge < -0.3 is 112 Å². The highest BCUT2D eigenvalue weighted by Crippen LogP contribution is 2.44. The zero-order valence-electron chi connectivity index (χ0n) is 77.2. The van der Waals surface area contributed by atoms with Crippen molar-refractivity contribution in [3.05, 3.63) is 186 Å². The summed E-state index contributed by atoms with van der Waals surface area (Å²) < 4.78 is 29.7. The van der Waals surface area contributed by atoms with Crippen LogP contribution in [0.25, 0.3) is 22.6 Å².